The van der Waals surface area contributed by atoms with E-state index in [1.54, 1.807) is 13.0 Å². The topological polar surface area (TPSA) is 46.4 Å². The predicted octanol–water partition coefficient (Wildman–Crippen LogP) is 3.52. The van der Waals surface area contributed by atoms with Gasteiger partial charge in [-0.15, -0.1) is 0 Å². The molecule has 120 valence electrons. The summed E-state index contributed by atoms with van der Waals surface area (Å²) in [7, 11) is 0. The second-order valence-corrected chi connectivity index (χ2v) is 6.30. The molecule has 0 bridgehead atoms. The maximum absolute atomic E-state index is 13.0. The molecule has 2 rings (SSSR count). The van der Waals surface area contributed by atoms with Crippen molar-refractivity contribution >= 4 is 11.4 Å². The van der Waals surface area contributed by atoms with Gasteiger partial charge in [0.15, 0.2) is 5.69 Å². The van der Waals surface area contributed by atoms with Gasteiger partial charge in [0.2, 0.25) is 5.82 Å². The zero-order chi connectivity index (χ0) is 16.7. The monoisotopic (exact) mass is 313 g/mol. The van der Waals surface area contributed by atoms with Gasteiger partial charge in [-0.3, -0.25) is 9.20 Å². The number of fused-ring (bicyclic) bond motifs is 1. The van der Waals surface area contributed by atoms with E-state index in [1.165, 1.54) is 18.3 Å². The lowest BCUT2D eigenvalue weighted by Gasteiger charge is -2.27. The molecule has 1 amide bonds. The standard InChI is InChI=1S/C15H18F3N3O/c1-9(14(2,3)4)19-12(22)11-10-7-5-6-8-21(10)13(20-11)15(16,17)18/h5-9H,1-4H3,(H,19,22)/t9-/m1/s1. The molecule has 0 aliphatic rings. The number of aromatic nitrogens is 2. The van der Waals surface area contributed by atoms with Crippen molar-refractivity contribution in [2.45, 2.75) is 39.9 Å². The second kappa shape index (κ2) is 5.30. The van der Waals surface area contributed by atoms with Crippen LogP contribution in [0.3, 0.4) is 0 Å². The third-order valence-corrected chi connectivity index (χ3v) is 3.66. The van der Waals surface area contributed by atoms with E-state index >= 15 is 0 Å². The van der Waals surface area contributed by atoms with E-state index < -0.39 is 17.9 Å². The van der Waals surface area contributed by atoms with Crippen LogP contribution in [0, 0.1) is 5.41 Å². The van der Waals surface area contributed by atoms with Crippen molar-refractivity contribution in [3.8, 4) is 0 Å². The fourth-order valence-electron chi connectivity index (χ4n) is 1.89. The Hall–Kier alpha value is -2.05. The van der Waals surface area contributed by atoms with Crippen LogP contribution in [0.5, 0.6) is 0 Å². The smallest absolute Gasteiger partial charge is 0.348 e. The Balaban J connectivity index is 2.46. The molecule has 7 heteroatoms. The first-order valence-electron chi connectivity index (χ1n) is 6.87. The number of hydrogen-bond acceptors (Lipinski definition) is 2. The molecule has 0 aliphatic heterocycles. The van der Waals surface area contributed by atoms with Gasteiger partial charge in [0.25, 0.3) is 5.91 Å². The van der Waals surface area contributed by atoms with Crippen LogP contribution in [0.25, 0.3) is 5.52 Å². The van der Waals surface area contributed by atoms with Crippen molar-refractivity contribution in [2.24, 2.45) is 5.41 Å². The summed E-state index contributed by atoms with van der Waals surface area (Å²) in [5, 5.41) is 2.71. The summed E-state index contributed by atoms with van der Waals surface area (Å²) in [6.07, 6.45) is -3.38. The van der Waals surface area contributed by atoms with Crippen LogP contribution in [-0.2, 0) is 6.18 Å². The lowest BCUT2D eigenvalue weighted by atomic mass is 9.88. The molecule has 0 spiro atoms. The van der Waals surface area contributed by atoms with E-state index in [4.69, 9.17) is 0 Å². The molecular weight excluding hydrogens is 295 g/mol. The number of rotatable bonds is 2. The molecule has 0 aliphatic carbocycles. The molecule has 4 nitrogen and oxygen atoms in total. The summed E-state index contributed by atoms with van der Waals surface area (Å²) in [5.41, 5.74) is -0.296. The minimum Gasteiger partial charge on any atom is -0.348 e. The molecular formula is C15H18F3N3O. The molecule has 0 fully saturated rings. The van der Waals surface area contributed by atoms with Crippen LogP contribution in [0.15, 0.2) is 24.4 Å². The lowest BCUT2D eigenvalue weighted by Crippen LogP contribution is -2.41. The second-order valence-electron chi connectivity index (χ2n) is 6.30. The van der Waals surface area contributed by atoms with E-state index in [9.17, 15) is 18.0 Å². The summed E-state index contributed by atoms with van der Waals surface area (Å²) in [6, 6.07) is 4.26. The Bertz CT molecular complexity index is 698. The average molecular weight is 313 g/mol. The Morgan fingerprint density at radius 3 is 2.45 bits per heavy atom. The Labute approximate surface area is 126 Å². The van der Waals surface area contributed by atoms with Gasteiger partial charge in [0.05, 0.1) is 5.52 Å². The normalized spacial score (nSPS) is 14.1. The van der Waals surface area contributed by atoms with Gasteiger partial charge < -0.3 is 5.32 Å². The van der Waals surface area contributed by atoms with E-state index in [0.29, 0.717) is 0 Å². The van der Waals surface area contributed by atoms with Crippen molar-refractivity contribution in [3.63, 3.8) is 0 Å². The van der Waals surface area contributed by atoms with Gasteiger partial charge in [0, 0.05) is 12.2 Å². The highest BCUT2D eigenvalue weighted by molar-refractivity contribution is 5.99. The summed E-state index contributed by atoms with van der Waals surface area (Å²) in [6.45, 7) is 7.61. The number of alkyl halides is 3. The Morgan fingerprint density at radius 1 is 1.27 bits per heavy atom. The average Bonchev–Trinajstić information content (AvgIpc) is 2.76. The number of hydrogen-bond donors (Lipinski definition) is 1. The molecule has 0 aromatic carbocycles. The first-order chi connectivity index (χ1) is 10.0. The van der Waals surface area contributed by atoms with Gasteiger partial charge in [-0.05, 0) is 24.5 Å². The van der Waals surface area contributed by atoms with Crippen molar-refractivity contribution in [1.82, 2.24) is 14.7 Å². The van der Waals surface area contributed by atoms with Crippen molar-refractivity contribution in [2.75, 3.05) is 0 Å². The molecule has 2 aromatic rings. The molecule has 1 N–H and O–H groups in total. The molecule has 2 aromatic heterocycles. The largest absolute Gasteiger partial charge is 0.450 e. The molecule has 2 heterocycles. The van der Waals surface area contributed by atoms with Crippen molar-refractivity contribution < 1.29 is 18.0 Å². The lowest BCUT2D eigenvalue weighted by molar-refractivity contribution is -0.145. The number of halogens is 3. The van der Waals surface area contributed by atoms with Gasteiger partial charge in [-0.2, -0.15) is 13.2 Å². The number of carbonyl (C=O) groups excluding carboxylic acids is 1. The van der Waals surface area contributed by atoms with Gasteiger partial charge in [0.1, 0.15) is 0 Å². The molecule has 22 heavy (non-hydrogen) atoms. The Morgan fingerprint density at radius 2 is 1.91 bits per heavy atom. The highest BCUT2D eigenvalue weighted by atomic mass is 19.4. The maximum atomic E-state index is 13.0. The SMILES string of the molecule is C[C@@H](NC(=O)c1nc(C(F)(F)F)n2ccccc12)C(C)(C)C. The molecule has 0 saturated carbocycles. The van der Waals surface area contributed by atoms with E-state index in [1.807, 2.05) is 20.8 Å². The number of imidazole rings is 1. The fraction of sp³-hybridized carbons (Fsp3) is 0.467. The molecule has 0 unspecified atom stereocenters. The number of carbonyl (C=O) groups is 1. The van der Waals surface area contributed by atoms with E-state index in [-0.39, 0.29) is 22.7 Å². The van der Waals surface area contributed by atoms with Crippen LogP contribution in [-0.4, -0.2) is 21.3 Å². The van der Waals surface area contributed by atoms with Crippen molar-refractivity contribution in [3.05, 3.63) is 35.9 Å². The number of amides is 1. The zero-order valence-corrected chi connectivity index (χ0v) is 12.8. The van der Waals surface area contributed by atoms with Crippen LogP contribution in [0.4, 0.5) is 13.2 Å². The van der Waals surface area contributed by atoms with Crippen molar-refractivity contribution in [1.29, 1.82) is 0 Å². The third-order valence-electron chi connectivity index (χ3n) is 3.66. The predicted molar refractivity (Wildman–Crippen MR) is 76.6 cm³/mol. The third kappa shape index (κ3) is 3.08. The van der Waals surface area contributed by atoms with Gasteiger partial charge in [-0.25, -0.2) is 4.98 Å². The van der Waals surface area contributed by atoms with Crippen LogP contribution in [0.1, 0.15) is 44.0 Å². The maximum Gasteiger partial charge on any atom is 0.450 e. The van der Waals surface area contributed by atoms with Crippen LogP contribution in [0.2, 0.25) is 0 Å². The molecule has 0 radical (unpaired) electrons. The van der Waals surface area contributed by atoms with Crippen LogP contribution < -0.4 is 5.32 Å². The summed E-state index contributed by atoms with van der Waals surface area (Å²) >= 11 is 0. The summed E-state index contributed by atoms with van der Waals surface area (Å²) in [4.78, 5) is 15.8. The Kier molecular flexibility index (Phi) is 3.93. The highest BCUT2D eigenvalue weighted by Crippen LogP contribution is 2.30. The van der Waals surface area contributed by atoms with E-state index in [0.717, 1.165) is 4.40 Å². The minimum atomic E-state index is -4.63. The first kappa shape index (κ1) is 16.3. The summed E-state index contributed by atoms with van der Waals surface area (Å²) in [5.74, 6) is -1.71. The zero-order valence-electron chi connectivity index (χ0n) is 12.8. The molecule has 1 atom stereocenters. The quantitative estimate of drug-likeness (QED) is 0.922. The number of nitrogens with zero attached hydrogens (tertiary/aromatic N) is 2. The van der Waals surface area contributed by atoms with Gasteiger partial charge >= 0.3 is 6.18 Å². The first-order valence-corrected chi connectivity index (χ1v) is 6.87. The highest BCUT2D eigenvalue weighted by Gasteiger charge is 2.38. The molecule has 0 saturated heterocycles. The number of pyridine rings is 1. The van der Waals surface area contributed by atoms with E-state index in [2.05, 4.69) is 10.3 Å². The van der Waals surface area contributed by atoms with Gasteiger partial charge in [-0.1, -0.05) is 26.8 Å². The number of nitrogens with one attached hydrogen (secondary N) is 1. The fourth-order valence-corrected chi connectivity index (χ4v) is 1.89. The summed E-state index contributed by atoms with van der Waals surface area (Å²) < 4.78 is 40.0. The van der Waals surface area contributed by atoms with Crippen LogP contribution >= 0.6 is 0 Å². The minimum absolute atomic E-state index is 0.133.